The van der Waals surface area contributed by atoms with E-state index in [1.165, 1.54) is 23.1 Å². The van der Waals surface area contributed by atoms with Gasteiger partial charge in [-0.3, -0.25) is 0 Å². The molecule has 7 nitrogen and oxygen atoms in total. The number of amides is 2. The number of fused-ring (bicyclic) bond motifs is 1. The average Bonchev–Trinajstić information content (AvgIpc) is 2.71. The van der Waals surface area contributed by atoms with Crippen molar-refractivity contribution in [1.29, 1.82) is 0 Å². The SMILES string of the molecule is Cc1nc2c(c(N3CC(C)OC(C)C3)n1)CN(C(=O)Nc1ccccc1C(F)(F)F)CC2. The van der Waals surface area contributed by atoms with E-state index in [2.05, 4.69) is 20.2 Å². The van der Waals surface area contributed by atoms with Crippen LogP contribution in [0.25, 0.3) is 0 Å². The summed E-state index contributed by atoms with van der Waals surface area (Å²) in [5, 5.41) is 2.43. The van der Waals surface area contributed by atoms with Gasteiger partial charge in [0.15, 0.2) is 0 Å². The van der Waals surface area contributed by atoms with Gasteiger partial charge in [0.05, 0.1) is 35.7 Å². The van der Waals surface area contributed by atoms with Crippen LogP contribution in [0.15, 0.2) is 24.3 Å². The second-order valence-corrected chi connectivity index (χ2v) is 8.33. The number of hydrogen-bond donors (Lipinski definition) is 1. The van der Waals surface area contributed by atoms with Gasteiger partial charge in [-0.25, -0.2) is 14.8 Å². The first-order valence-corrected chi connectivity index (χ1v) is 10.6. The first-order valence-electron chi connectivity index (χ1n) is 10.6. The van der Waals surface area contributed by atoms with Gasteiger partial charge < -0.3 is 19.9 Å². The minimum Gasteiger partial charge on any atom is -0.372 e. The minimum absolute atomic E-state index is 0.0338. The number of aryl methyl sites for hydroxylation is 1. The van der Waals surface area contributed by atoms with Crippen LogP contribution in [0.1, 0.15) is 36.5 Å². The maximum absolute atomic E-state index is 13.3. The Morgan fingerprint density at radius 2 is 1.84 bits per heavy atom. The molecule has 1 aromatic heterocycles. The number of carbonyl (C=O) groups is 1. The van der Waals surface area contributed by atoms with Crippen molar-refractivity contribution in [3.05, 3.63) is 46.9 Å². The van der Waals surface area contributed by atoms with Gasteiger partial charge in [-0.1, -0.05) is 12.1 Å². The number of aromatic nitrogens is 2. The van der Waals surface area contributed by atoms with Crippen LogP contribution in [0.2, 0.25) is 0 Å². The molecule has 0 aliphatic carbocycles. The Bertz CT molecular complexity index is 1000. The highest BCUT2D eigenvalue weighted by Gasteiger charge is 2.35. The number of para-hydroxylation sites is 1. The monoisotopic (exact) mass is 449 g/mol. The highest BCUT2D eigenvalue weighted by molar-refractivity contribution is 5.90. The summed E-state index contributed by atoms with van der Waals surface area (Å²) >= 11 is 0. The number of hydrogen-bond acceptors (Lipinski definition) is 5. The molecule has 1 saturated heterocycles. The number of nitrogens with one attached hydrogen (secondary N) is 1. The average molecular weight is 449 g/mol. The van der Waals surface area contributed by atoms with E-state index in [4.69, 9.17) is 4.74 Å². The Balaban J connectivity index is 1.58. The molecule has 2 amide bonds. The maximum atomic E-state index is 13.3. The number of rotatable bonds is 2. The third-order valence-corrected chi connectivity index (χ3v) is 5.63. The Kier molecular flexibility index (Phi) is 5.98. The number of morpholine rings is 1. The lowest BCUT2D eigenvalue weighted by Gasteiger charge is -2.38. The molecule has 1 aromatic carbocycles. The number of benzene rings is 1. The number of alkyl halides is 3. The summed E-state index contributed by atoms with van der Waals surface area (Å²) in [6.45, 7) is 7.76. The highest BCUT2D eigenvalue weighted by atomic mass is 19.4. The third-order valence-electron chi connectivity index (χ3n) is 5.63. The van der Waals surface area contributed by atoms with Crippen LogP contribution in [0.5, 0.6) is 0 Å². The van der Waals surface area contributed by atoms with Crippen molar-refractivity contribution in [2.75, 3.05) is 29.9 Å². The molecule has 2 unspecified atom stereocenters. The topological polar surface area (TPSA) is 70.6 Å². The largest absolute Gasteiger partial charge is 0.418 e. The zero-order valence-corrected chi connectivity index (χ0v) is 18.2. The number of nitrogens with zero attached hydrogens (tertiary/aromatic N) is 4. The van der Waals surface area contributed by atoms with Gasteiger partial charge in [-0.2, -0.15) is 13.2 Å². The molecule has 1 fully saturated rings. The van der Waals surface area contributed by atoms with E-state index in [1.807, 2.05) is 20.8 Å². The zero-order valence-electron chi connectivity index (χ0n) is 18.2. The fourth-order valence-electron chi connectivity index (χ4n) is 4.34. The Morgan fingerprint density at radius 1 is 1.16 bits per heavy atom. The van der Waals surface area contributed by atoms with Gasteiger partial charge in [0.25, 0.3) is 0 Å². The molecular formula is C22H26F3N5O2. The number of ether oxygens (including phenoxy) is 1. The number of carbonyl (C=O) groups excluding carboxylic acids is 1. The summed E-state index contributed by atoms with van der Waals surface area (Å²) in [4.78, 5) is 25.7. The third kappa shape index (κ3) is 4.64. The lowest BCUT2D eigenvalue weighted by atomic mass is 10.0. The van der Waals surface area contributed by atoms with Crippen LogP contribution in [0.3, 0.4) is 0 Å². The van der Waals surface area contributed by atoms with Gasteiger partial charge in [0.2, 0.25) is 0 Å². The molecule has 172 valence electrons. The van der Waals surface area contributed by atoms with Crippen molar-refractivity contribution < 1.29 is 22.7 Å². The van der Waals surface area contributed by atoms with Crippen LogP contribution in [-0.4, -0.2) is 52.7 Å². The molecule has 3 heterocycles. The quantitative estimate of drug-likeness (QED) is 0.750. The van der Waals surface area contributed by atoms with Gasteiger partial charge in [-0.15, -0.1) is 0 Å². The number of anilines is 2. The molecule has 32 heavy (non-hydrogen) atoms. The van der Waals surface area contributed by atoms with Gasteiger partial charge >= 0.3 is 12.2 Å². The van der Waals surface area contributed by atoms with E-state index in [0.29, 0.717) is 31.9 Å². The molecule has 1 N–H and O–H groups in total. The van der Waals surface area contributed by atoms with Crippen LogP contribution in [0, 0.1) is 6.92 Å². The van der Waals surface area contributed by atoms with Crippen molar-refractivity contribution in [3.8, 4) is 0 Å². The summed E-state index contributed by atoms with van der Waals surface area (Å²) in [6, 6.07) is 4.39. The lowest BCUT2D eigenvalue weighted by molar-refractivity contribution is -0.136. The zero-order chi connectivity index (χ0) is 23.0. The summed E-state index contributed by atoms with van der Waals surface area (Å²) in [5.74, 6) is 1.42. The van der Waals surface area contributed by atoms with Crippen molar-refractivity contribution in [2.45, 2.75) is 52.1 Å². The number of urea groups is 1. The van der Waals surface area contributed by atoms with Gasteiger partial charge in [0.1, 0.15) is 11.6 Å². The van der Waals surface area contributed by atoms with E-state index in [0.717, 1.165) is 23.1 Å². The van der Waals surface area contributed by atoms with Crippen LogP contribution in [-0.2, 0) is 23.9 Å². The minimum atomic E-state index is -4.55. The Labute approximate surface area is 184 Å². The summed E-state index contributed by atoms with van der Waals surface area (Å²) in [5.41, 5.74) is 0.579. The van der Waals surface area contributed by atoms with Gasteiger partial charge in [-0.05, 0) is 32.9 Å². The second kappa shape index (κ2) is 8.57. The molecule has 4 rings (SSSR count). The number of halogens is 3. The molecule has 2 aliphatic rings. The molecule has 0 spiro atoms. The molecule has 2 aromatic rings. The summed E-state index contributed by atoms with van der Waals surface area (Å²) in [6.07, 6.45) is -3.98. The molecule has 2 aliphatic heterocycles. The normalized spacial score (nSPS) is 21.3. The van der Waals surface area contributed by atoms with E-state index >= 15 is 0 Å². The molecule has 0 saturated carbocycles. The van der Waals surface area contributed by atoms with Crippen molar-refractivity contribution >= 4 is 17.5 Å². The van der Waals surface area contributed by atoms with E-state index in [-0.39, 0.29) is 24.4 Å². The van der Waals surface area contributed by atoms with Crippen molar-refractivity contribution in [2.24, 2.45) is 0 Å². The molecule has 0 radical (unpaired) electrons. The molecule has 10 heteroatoms. The fourth-order valence-corrected chi connectivity index (χ4v) is 4.34. The smallest absolute Gasteiger partial charge is 0.372 e. The Morgan fingerprint density at radius 3 is 2.53 bits per heavy atom. The highest BCUT2D eigenvalue weighted by Crippen LogP contribution is 2.35. The fraction of sp³-hybridized carbons (Fsp3) is 0.500. The van der Waals surface area contributed by atoms with Crippen LogP contribution >= 0.6 is 0 Å². The summed E-state index contributed by atoms with van der Waals surface area (Å²) < 4.78 is 45.7. The predicted octanol–water partition coefficient (Wildman–Crippen LogP) is 4.01. The first kappa shape index (κ1) is 22.3. The van der Waals surface area contributed by atoms with E-state index in [9.17, 15) is 18.0 Å². The van der Waals surface area contributed by atoms with Crippen LogP contribution < -0.4 is 10.2 Å². The summed E-state index contributed by atoms with van der Waals surface area (Å²) in [7, 11) is 0. The predicted molar refractivity (Wildman–Crippen MR) is 114 cm³/mol. The van der Waals surface area contributed by atoms with E-state index in [1.54, 1.807) is 0 Å². The van der Waals surface area contributed by atoms with Gasteiger partial charge in [0, 0.05) is 31.6 Å². The standard InChI is InChI=1S/C22H26F3N5O2/c1-13-10-30(11-14(2)32-13)20-16-12-29(9-8-18(16)26-15(3)27-20)21(31)28-19-7-5-4-6-17(19)22(23,24)25/h4-7,13-14H,8-12H2,1-3H3,(H,28,31). The van der Waals surface area contributed by atoms with Crippen molar-refractivity contribution in [1.82, 2.24) is 14.9 Å². The molecule has 2 atom stereocenters. The maximum Gasteiger partial charge on any atom is 0.418 e. The lowest BCUT2D eigenvalue weighted by Crippen LogP contribution is -2.47. The van der Waals surface area contributed by atoms with Crippen molar-refractivity contribution in [3.63, 3.8) is 0 Å². The molecule has 0 bridgehead atoms. The first-order chi connectivity index (χ1) is 15.1. The Hall–Kier alpha value is -2.88. The van der Waals surface area contributed by atoms with Crippen LogP contribution in [0.4, 0.5) is 29.5 Å². The van der Waals surface area contributed by atoms with E-state index < -0.39 is 17.8 Å². The molecular weight excluding hydrogens is 423 g/mol. The second-order valence-electron chi connectivity index (χ2n) is 8.33.